The van der Waals surface area contributed by atoms with E-state index in [1.165, 1.54) is 11.8 Å². The molecule has 0 aromatic carbocycles. The number of rotatable bonds is 1. The molecule has 0 saturated carbocycles. The zero-order valence-corrected chi connectivity index (χ0v) is 14.3. The van der Waals surface area contributed by atoms with Gasteiger partial charge in [0.1, 0.15) is 10.1 Å². The first-order chi connectivity index (χ1) is 12.2. The number of carbonyl (C=O) groups excluding carboxylic acids is 1. The number of hydrogen-bond donors (Lipinski definition) is 1. The number of thioether (sulfide) groups is 1. The van der Waals surface area contributed by atoms with Crippen molar-refractivity contribution in [2.45, 2.75) is 0 Å². The standard InChI is InChI=1S/C18H9N3O2S2/c22-17-15(25-18(24)21-17)7-14-6-13-10-20-9-12(16(13)23-14)4-3-11-2-1-5-19-8-11/h1-2,5-10H,(H,21,22,24). The number of aromatic nitrogens is 2. The Morgan fingerprint density at radius 3 is 2.92 bits per heavy atom. The van der Waals surface area contributed by atoms with Crippen molar-refractivity contribution in [3.63, 3.8) is 0 Å². The van der Waals surface area contributed by atoms with Crippen molar-refractivity contribution >= 4 is 51.3 Å². The fourth-order valence-electron chi connectivity index (χ4n) is 2.27. The molecule has 4 rings (SSSR count). The second kappa shape index (κ2) is 6.51. The van der Waals surface area contributed by atoms with Crippen molar-refractivity contribution < 1.29 is 9.21 Å². The molecule has 0 atom stereocenters. The molecule has 0 radical (unpaired) electrons. The van der Waals surface area contributed by atoms with Crippen LogP contribution in [0.25, 0.3) is 17.0 Å². The van der Waals surface area contributed by atoms with Crippen molar-refractivity contribution in [3.05, 3.63) is 64.8 Å². The minimum absolute atomic E-state index is 0.217. The molecule has 25 heavy (non-hydrogen) atoms. The van der Waals surface area contributed by atoms with Gasteiger partial charge in [0, 0.05) is 41.8 Å². The normalized spacial score (nSPS) is 15.3. The molecule has 4 heterocycles. The van der Waals surface area contributed by atoms with Crippen LogP contribution in [0.2, 0.25) is 0 Å². The number of furan rings is 1. The van der Waals surface area contributed by atoms with Crippen LogP contribution in [0.3, 0.4) is 0 Å². The molecule has 0 unspecified atom stereocenters. The predicted molar refractivity (Wildman–Crippen MR) is 101 cm³/mol. The molecule has 1 N–H and O–H groups in total. The molecule has 3 aromatic heterocycles. The summed E-state index contributed by atoms with van der Waals surface area (Å²) in [5.74, 6) is 6.42. The molecule has 1 aliphatic heterocycles. The summed E-state index contributed by atoms with van der Waals surface area (Å²) >= 11 is 6.19. The van der Waals surface area contributed by atoms with E-state index in [-0.39, 0.29) is 5.91 Å². The van der Waals surface area contributed by atoms with Crippen LogP contribution >= 0.6 is 24.0 Å². The Hall–Kier alpha value is -2.95. The van der Waals surface area contributed by atoms with E-state index in [9.17, 15) is 4.79 Å². The molecule has 3 aromatic rings. The van der Waals surface area contributed by atoms with Crippen molar-refractivity contribution in [1.29, 1.82) is 0 Å². The van der Waals surface area contributed by atoms with Gasteiger partial charge in [-0.3, -0.25) is 14.8 Å². The molecule has 0 spiro atoms. The molecule has 1 saturated heterocycles. The van der Waals surface area contributed by atoms with Gasteiger partial charge >= 0.3 is 0 Å². The van der Waals surface area contributed by atoms with Crippen LogP contribution in [0.4, 0.5) is 0 Å². The first kappa shape index (κ1) is 15.6. The second-order valence-corrected chi connectivity index (χ2v) is 6.82. The highest BCUT2D eigenvalue weighted by Crippen LogP contribution is 2.29. The van der Waals surface area contributed by atoms with E-state index in [4.69, 9.17) is 16.6 Å². The molecule has 0 aliphatic carbocycles. The lowest BCUT2D eigenvalue weighted by molar-refractivity contribution is -0.115. The summed E-state index contributed by atoms with van der Waals surface area (Å²) in [7, 11) is 0. The zero-order chi connectivity index (χ0) is 17.2. The lowest BCUT2D eigenvalue weighted by atomic mass is 10.2. The fourth-order valence-corrected chi connectivity index (χ4v) is 3.29. The maximum absolute atomic E-state index is 11.8. The number of hydrogen-bond acceptors (Lipinski definition) is 6. The van der Waals surface area contributed by atoms with Crippen LogP contribution in [0.5, 0.6) is 0 Å². The highest BCUT2D eigenvalue weighted by atomic mass is 32.2. The van der Waals surface area contributed by atoms with Gasteiger partial charge in [-0.1, -0.05) is 35.8 Å². The van der Waals surface area contributed by atoms with Crippen LogP contribution in [0.1, 0.15) is 16.9 Å². The summed E-state index contributed by atoms with van der Waals surface area (Å²) in [4.78, 5) is 20.5. The lowest BCUT2D eigenvalue weighted by Gasteiger charge is -1.92. The third-order valence-electron chi connectivity index (χ3n) is 3.36. The van der Waals surface area contributed by atoms with Crippen LogP contribution in [-0.2, 0) is 4.79 Å². The molecule has 1 fully saturated rings. The summed E-state index contributed by atoms with van der Waals surface area (Å²) < 4.78 is 6.30. The molecular weight excluding hydrogens is 354 g/mol. The van der Waals surface area contributed by atoms with Gasteiger partial charge < -0.3 is 9.73 Å². The number of pyridine rings is 2. The Labute approximate surface area is 152 Å². The summed E-state index contributed by atoms with van der Waals surface area (Å²) in [6.07, 6.45) is 8.40. The van der Waals surface area contributed by atoms with Gasteiger partial charge in [-0.2, -0.15) is 0 Å². The summed E-state index contributed by atoms with van der Waals surface area (Å²) in [6, 6.07) is 5.53. The second-order valence-electron chi connectivity index (χ2n) is 5.10. The first-order valence-corrected chi connectivity index (χ1v) is 8.46. The number of thiocarbonyl (C=S) groups is 1. The summed E-state index contributed by atoms with van der Waals surface area (Å²) in [6.45, 7) is 0. The van der Waals surface area contributed by atoms with Gasteiger partial charge in [0.15, 0.2) is 5.58 Å². The predicted octanol–water partition coefficient (Wildman–Crippen LogP) is 3.11. The lowest BCUT2D eigenvalue weighted by Crippen LogP contribution is -2.17. The highest BCUT2D eigenvalue weighted by molar-refractivity contribution is 8.26. The average molecular weight is 363 g/mol. The SMILES string of the molecule is O=C1NC(=S)SC1=Cc1cc2cncc(C#Cc3cccnc3)c2o1. The van der Waals surface area contributed by atoms with E-state index in [0.717, 1.165) is 10.9 Å². The minimum atomic E-state index is -0.217. The third kappa shape index (κ3) is 3.31. The number of amides is 1. The Morgan fingerprint density at radius 2 is 2.16 bits per heavy atom. The average Bonchev–Trinajstić information content (AvgIpc) is 3.16. The Bertz CT molecular complexity index is 1090. The van der Waals surface area contributed by atoms with Gasteiger partial charge in [0.25, 0.3) is 5.91 Å². The van der Waals surface area contributed by atoms with Gasteiger partial charge in [-0.15, -0.1) is 0 Å². The van der Waals surface area contributed by atoms with E-state index < -0.39 is 0 Å². The van der Waals surface area contributed by atoms with Gasteiger partial charge in [-0.25, -0.2) is 0 Å². The molecule has 5 nitrogen and oxygen atoms in total. The third-order valence-corrected chi connectivity index (χ3v) is 4.52. The van der Waals surface area contributed by atoms with Crippen molar-refractivity contribution in [2.24, 2.45) is 0 Å². The Morgan fingerprint density at radius 1 is 1.24 bits per heavy atom. The Balaban J connectivity index is 1.72. The summed E-state index contributed by atoms with van der Waals surface area (Å²) in [5, 5.41) is 3.39. The molecular formula is C18H9N3O2S2. The number of carbonyl (C=O) groups is 1. The fraction of sp³-hybridized carbons (Fsp3) is 0. The monoisotopic (exact) mass is 363 g/mol. The molecule has 1 aliphatic rings. The molecule has 120 valence electrons. The number of nitrogens with zero attached hydrogens (tertiary/aromatic N) is 2. The van der Waals surface area contributed by atoms with E-state index >= 15 is 0 Å². The number of nitrogens with one attached hydrogen (secondary N) is 1. The van der Waals surface area contributed by atoms with Crippen molar-refractivity contribution in [3.8, 4) is 11.8 Å². The van der Waals surface area contributed by atoms with Crippen LogP contribution < -0.4 is 5.32 Å². The number of fused-ring (bicyclic) bond motifs is 1. The Kier molecular flexibility index (Phi) is 4.06. The first-order valence-electron chi connectivity index (χ1n) is 7.23. The molecule has 1 amide bonds. The highest BCUT2D eigenvalue weighted by Gasteiger charge is 2.22. The smallest absolute Gasteiger partial charge is 0.263 e. The summed E-state index contributed by atoms with van der Waals surface area (Å²) in [5.41, 5.74) is 2.11. The van der Waals surface area contributed by atoms with Crippen LogP contribution in [-0.4, -0.2) is 20.2 Å². The largest absolute Gasteiger partial charge is 0.455 e. The van der Waals surface area contributed by atoms with Crippen molar-refractivity contribution in [1.82, 2.24) is 15.3 Å². The molecule has 7 heteroatoms. The van der Waals surface area contributed by atoms with E-state index in [1.807, 2.05) is 18.2 Å². The maximum Gasteiger partial charge on any atom is 0.263 e. The van der Waals surface area contributed by atoms with Gasteiger partial charge in [0.05, 0.1) is 10.5 Å². The zero-order valence-electron chi connectivity index (χ0n) is 12.6. The maximum atomic E-state index is 11.8. The topological polar surface area (TPSA) is 68.0 Å². The quantitative estimate of drug-likeness (QED) is 0.407. The van der Waals surface area contributed by atoms with Crippen molar-refractivity contribution in [2.75, 3.05) is 0 Å². The minimum Gasteiger partial charge on any atom is -0.455 e. The van der Waals surface area contributed by atoms with Crippen LogP contribution in [0, 0.1) is 11.8 Å². The van der Waals surface area contributed by atoms with E-state index in [1.54, 1.807) is 30.9 Å². The van der Waals surface area contributed by atoms with Crippen LogP contribution in [0.15, 0.2) is 52.3 Å². The molecule has 0 bridgehead atoms. The van der Waals surface area contributed by atoms with E-state index in [0.29, 0.717) is 26.1 Å². The van der Waals surface area contributed by atoms with Gasteiger partial charge in [-0.05, 0) is 18.2 Å². The van der Waals surface area contributed by atoms with E-state index in [2.05, 4.69) is 27.1 Å². The van der Waals surface area contributed by atoms with Gasteiger partial charge in [0.2, 0.25) is 0 Å².